The van der Waals surface area contributed by atoms with Crippen molar-refractivity contribution in [1.29, 1.82) is 0 Å². The van der Waals surface area contributed by atoms with Crippen LogP contribution in [-0.4, -0.2) is 42.5 Å². The van der Waals surface area contributed by atoms with Gasteiger partial charge in [-0.2, -0.15) is 0 Å². The number of amides is 1. The molecule has 2 aliphatic rings. The Morgan fingerprint density at radius 1 is 1.09 bits per heavy atom. The Balaban J connectivity index is 1.55. The number of anilines is 1. The van der Waals surface area contributed by atoms with E-state index in [0.717, 1.165) is 18.9 Å². The maximum atomic E-state index is 13.4. The van der Waals surface area contributed by atoms with Crippen molar-refractivity contribution in [1.82, 2.24) is 0 Å². The van der Waals surface area contributed by atoms with E-state index in [1.165, 1.54) is 12.1 Å². The summed E-state index contributed by atoms with van der Waals surface area (Å²) < 4.78 is 66.5. The second-order valence-corrected chi connectivity index (χ2v) is 11.6. The monoisotopic (exact) mass is 517 g/mol. The molecule has 34 heavy (non-hydrogen) atoms. The van der Waals surface area contributed by atoms with Crippen LogP contribution in [0.3, 0.4) is 0 Å². The molecule has 0 radical (unpaired) electrons. The molecule has 0 aliphatic heterocycles. The van der Waals surface area contributed by atoms with Crippen molar-refractivity contribution in [2.45, 2.75) is 36.2 Å². The third-order valence-electron chi connectivity index (χ3n) is 6.88. The van der Waals surface area contributed by atoms with Crippen LogP contribution in [0.4, 0.5) is 18.9 Å². The van der Waals surface area contributed by atoms with Crippen molar-refractivity contribution in [3.63, 3.8) is 0 Å². The number of fused-ring (bicyclic) bond motifs is 2. The number of hydrogen-bond donors (Lipinski definition) is 3. The highest BCUT2D eigenvalue weighted by Crippen LogP contribution is 2.51. The summed E-state index contributed by atoms with van der Waals surface area (Å²) >= 11 is 6.15. The number of nitrogens with one attached hydrogen (secondary N) is 1. The first-order valence-electron chi connectivity index (χ1n) is 10.7. The zero-order chi connectivity index (χ0) is 24.8. The van der Waals surface area contributed by atoms with E-state index in [1.54, 1.807) is 0 Å². The summed E-state index contributed by atoms with van der Waals surface area (Å²) in [7, 11) is -3.93. The predicted molar refractivity (Wildman–Crippen MR) is 119 cm³/mol. The summed E-state index contributed by atoms with van der Waals surface area (Å²) in [4.78, 5) is 12.3. The molecule has 2 bridgehead atoms. The Labute approximate surface area is 199 Å². The van der Waals surface area contributed by atoms with Gasteiger partial charge >= 0.3 is 0 Å². The summed E-state index contributed by atoms with van der Waals surface area (Å²) in [5.74, 6) is -6.04. The second-order valence-electron chi connectivity index (χ2n) is 9.19. The largest absolute Gasteiger partial charge is 0.393 e. The highest BCUT2D eigenvalue weighted by Gasteiger charge is 2.49. The summed E-state index contributed by atoms with van der Waals surface area (Å²) in [6, 6.07) is 4.82. The normalized spacial score (nSPS) is 26.5. The summed E-state index contributed by atoms with van der Waals surface area (Å²) in [5, 5.41) is 22.1. The number of hydrogen-bond acceptors (Lipinski definition) is 5. The van der Waals surface area contributed by atoms with E-state index in [4.69, 9.17) is 11.6 Å². The number of rotatable bonds is 6. The maximum Gasteiger partial charge on any atom is 0.255 e. The molecule has 4 atom stereocenters. The average molecular weight is 518 g/mol. The lowest BCUT2D eigenvalue weighted by Crippen LogP contribution is -2.44. The Bertz CT molecular complexity index is 1200. The fourth-order valence-corrected chi connectivity index (χ4v) is 7.64. The quantitative estimate of drug-likeness (QED) is 0.504. The van der Waals surface area contributed by atoms with Crippen LogP contribution in [0, 0.1) is 35.2 Å². The topological polar surface area (TPSA) is 104 Å². The molecule has 2 aliphatic carbocycles. The van der Waals surface area contributed by atoms with Gasteiger partial charge in [0, 0.05) is 23.4 Å². The number of carbonyl (C=O) groups is 1. The molecule has 3 N–H and O–H groups in total. The van der Waals surface area contributed by atoms with Crippen LogP contribution in [0.25, 0.3) is 0 Å². The van der Waals surface area contributed by atoms with E-state index < -0.39 is 38.8 Å². The molecule has 11 heteroatoms. The van der Waals surface area contributed by atoms with E-state index in [1.807, 2.05) is 0 Å². The third kappa shape index (κ3) is 4.82. The van der Waals surface area contributed by atoms with E-state index >= 15 is 0 Å². The smallest absolute Gasteiger partial charge is 0.255 e. The molecule has 0 aromatic heterocycles. The lowest BCUT2D eigenvalue weighted by atomic mass is 9.72. The minimum atomic E-state index is -3.93. The van der Waals surface area contributed by atoms with Crippen molar-refractivity contribution in [3.8, 4) is 0 Å². The van der Waals surface area contributed by atoms with Crippen molar-refractivity contribution >= 4 is 33.0 Å². The first-order valence-corrected chi connectivity index (χ1v) is 12.8. The van der Waals surface area contributed by atoms with Crippen LogP contribution in [0.1, 0.15) is 36.0 Å². The zero-order valence-corrected chi connectivity index (χ0v) is 19.5. The van der Waals surface area contributed by atoms with Gasteiger partial charge in [0.25, 0.3) is 5.91 Å². The van der Waals surface area contributed by atoms with Gasteiger partial charge in [-0.3, -0.25) is 4.79 Å². The third-order valence-corrected chi connectivity index (χ3v) is 9.15. The molecule has 2 fully saturated rings. The standard InChI is InChI=1S/C23H23ClF3NO5S/c24-17-4-3-12(22(30)28-15-6-18(25)21(27)19(26)7-15)5-20(17)34(32,33)10-16-13-1-2-14(16)9-23(31,8-13)11-29/h3-7,13-14,16,29,31H,1-2,8-11H2,(H,28,30)/t13-,14?,16-,23+/m0/s1. The minimum Gasteiger partial charge on any atom is -0.393 e. The fraction of sp³-hybridized carbons (Fsp3) is 0.435. The van der Waals surface area contributed by atoms with Crippen molar-refractivity contribution in [2.24, 2.45) is 17.8 Å². The molecule has 2 aromatic carbocycles. The molecule has 4 rings (SSSR count). The molecule has 2 aromatic rings. The molecule has 0 spiro atoms. The highest BCUT2D eigenvalue weighted by atomic mass is 35.5. The van der Waals surface area contributed by atoms with Gasteiger partial charge in [0.15, 0.2) is 27.3 Å². The molecule has 0 saturated heterocycles. The van der Waals surface area contributed by atoms with Gasteiger partial charge in [-0.15, -0.1) is 0 Å². The lowest BCUT2D eigenvalue weighted by molar-refractivity contribution is -0.0736. The number of benzene rings is 2. The molecular weight excluding hydrogens is 495 g/mol. The highest BCUT2D eigenvalue weighted by molar-refractivity contribution is 7.91. The van der Waals surface area contributed by atoms with Crippen LogP contribution in [-0.2, 0) is 9.84 Å². The second kappa shape index (κ2) is 9.14. The van der Waals surface area contributed by atoms with Crippen LogP contribution in [0.15, 0.2) is 35.2 Å². The van der Waals surface area contributed by atoms with Gasteiger partial charge in [0.1, 0.15) is 0 Å². The lowest BCUT2D eigenvalue weighted by Gasteiger charge is -2.40. The van der Waals surface area contributed by atoms with Crippen molar-refractivity contribution in [3.05, 3.63) is 58.4 Å². The molecule has 0 heterocycles. The van der Waals surface area contributed by atoms with Crippen LogP contribution >= 0.6 is 11.6 Å². The van der Waals surface area contributed by atoms with Crippen LogP contribution in [0.5, 0.6) is 0 Å². The number of aliphatic hydroxyl groups is 2. The van der Waals surface area contributed by atoms with E-state index in [0.29, 0.717) is 25.0 Å². The number of sulfone groups is 1. The number of halogens is 4. The summed E-state index contributed by atoms with van der Waals surface area (Å²) in [6.07, 6.45) is 2.16. The van der Waals surface area contributed by atoms with E-state index in [9.17, 15) is 36.6 Å². The molecule has 1 unspecified atom stereocenters. The van der Waals surface area contributed by atoms with Gasteiger partial charge in [-0.1, -0.05) is 11.6 Å². The summed E-state index contributed by atoms with van der Waals surface area (Å²) in [6.45, 7) is -0.371. The predicted octanol–water partition coefficient (Wildman–Crippen LogP) is 3.94. The first kappa shape index (κ1) is 25.0. The molecule has 1 amide bonds. The van der Waals surface area contributed by atoms with Gasteiger partial charge in [0.05, 0.1) is 27.9 Å². The van der Waals surface area contributed by atoms with Crippen LogP contribution in [0.2, 0.25) is 5.02 Å². The molecule has 2 saturated carbocycles. The average Bonchev–Trinajstić information content (AvgIpc) is 3.00. The van der Waals surface area contributed by atoms with E-state index in [-0.39, 0.29) is 51.3 Å². The Kier molecular flexibility index (Phi) is 6.71. The zero-order valence-electron chi connectivity index (χ0n) is 17.9. The SMILES string of the molecule is O=C(Nc1cc(F)c(F)c(F)c1)c1ccc(Cl)c(S(=O)(=O)C[C@@H]2C3CC[C@H]2C[C@](O)(CO)C3)c1. The molecular formula is C23H23ClF3NO5S. The van der Waals surface area contributed by atoms with E-state index in [2.05, 4.69) is 5.32 Å². The van der Waals surface area contributed by atoms with Gasteiger partial charge in [-0.05, 0) is 61.6 Å². The Morgan fingerprint density at radius 2 is 1.68 bits per heavy atom. The van der Waals surface area contributed by atoms with Crippen molar-refractivity contribution < 1.29 is 36.6 Å². The van der Waals surface area contributed by atoms with Gasteiger partial charge in [-0.25, -0.2) is 21.6 Å². The first-order chi connectivity index (χ1) is 15.9. The van der Waals surface area contributed by atoms with Crippen molar-refractivity contribution in [2.75, 3.05) is 17.7 Å². The minimum absolute atomic E-state index is 0.0563. The number of carbonyl (C=O) groups excluding carboxylic acids is 1. The Morgan fingerprint density at radius 3 is 2.24 bits per heavy atom. The fourth-order valence-electron chi connectivity index (χ4n) is 5.27. The van der Waals surface area contributed by atoms with Gasteiger partial charge in [0.2, 0.25) is 0 Å². The Hall–Kier alpha value is -2.14. The van der Waals surface area contributed by atoms with Crippen LogP contribution < -0.4 is 5.32 Å². The summed E-state index contributed by atoms with van der Waals surface area (Å²) in [5.41, 5.74) is -1.65. The molecule has 6 nitrogen and oxygen atoms in total. The maximum absolute atomic E-state index is 13.4. The van der Waals surface area contributed by atoms with Gasteiger partial charge < -0.3 is 15.5 Å². The molecule has 184 valence electrons. The number of aliphatic hydroxyl groups excluding tert-OH is 1.